The maximum absolute atomic E-state index is 5.75. The second-order valence-electron chi connectivity index (χ2n) is 6.57. The number of anilines is 2. The van der Waals surface area contributed by atoms with Crippen LogP contribution in [0.3, 0.4) is 0 Å². The van der Waals surface area contributed by atoms with Crippen LogP contribution in [0.5, 0.6) is 11.5 Å². The van der Waals surface area contributed by atoms with Crippen molar-refractivity contribution in [2.45, 2.75) is 20.8 Å². The molecule has 148 valence electrons. The third kappa shape index (κ3) is 4.03. The molecule has 0 bridgehead atoms. The highest BCUT2D eigenvalue weighted by Crippen LogP contribution is 2.38. The van der Waals surface area contributed by atoms with Gasteiger partial charge in [0.2, 0.25) is 0 Å². The van der Waals surface area contributed by atoms with E-state index >= 15 is 0 Å². The fourth-order valence-corrected chi connectivity index (χ4v) is 4.10. The second-order valence-corrected chi connectivity index (χ2v) is 7.43. The van der Waals surface area contributed by atoms with Gasteiger partial charge in [0.05, 0.1) is 18.6 Å². The number of aryl methyl sites for hydroxylation is 1. The Morgan fingerprint density at radius 1 is 0.931 bits per heavy atom. The topological polar surface area (TPSA) is 56.3 Å². The van der Waals surface area contributed by atoms with Gasteiger partial charge in [-0.15, -0.1) is 11.3 Å². The van der Waals surface area contributed by atoms with Crippen LogP contribution in [0, 0.1) is 6.92 Å². The van der Waals surface area contributed by atoms with E-state index in [0.29, 0.717) is 19.0 Å². The average molecular weight is 406 g/mol. The SMILES string of the molecule is CCOc1ccc(Nc2ncnc3scc(-c4ccc(C)cc4)c23)cc1OCC. The van der Waals surface area contributed by atoms with Crippen molar-refractivity contribution < 1.29 is 9.47 Å². The molecule has 0 aliphatic carbocycles. The Hall–Kier alpha value is -3.12. The monoisotopic (exact) mass is 405 g/mol. The summed E-state index contributed by atoms with van der Waals surface area (Å²) in [5.74, 6) is 2.23. The van der Waals surface area contributed by atoms with Gasteiger partial charge in [0.1, 0.15) is 17.0 Å². The van der Waals surface area contributed by atoms with Crippen molar-refractivity contribution in [2.75, 3.05) is 18.5 Å². The van der Waals surface area contributed by atoms with E-state index in [1.807, 2.05) is 32.0 Å². The summed E-state index contributed by atoms with van der Waals surface area (Å²) in [4.78, 5) is 9.93. The molecular weight excluding hydrogens is 382 g/mol. The number of hydrogen-bond acceptors (Lipinski definition) is 6. The first-order chi connectivity index (χ1) is 14.2. The zero-order valence-electron chi connectivity index (χ0n) is 16.7. The van der Waals surface area contributed by atoms with Gasteiger partial charge in [0.25, 0.3) is 0 Å². The lowest BCUT2D eigenvalue weighted by Gasteiger charge is -2.14. The molecule has 2 heterocycles. The van der Waals surface area contributed by atoms with E-state index in [9.17, 15) is 0 Å². The number of thiophene rings is 1. The maximum Gasteiger partial charge on any atom is 0.163 e. The Morgan fingerprint density at radius 2 is 1.69 bits per heavy atom. The van der Waals surface area contributed by atoms with Crippen molar-refractivity contribution in [3.05, 3.63) is 59.7 Å². The molecule has 0 atom stereocenters. The highest BCUT2D eigenvalue weighted by atomic mass is 32.1. The molecule has 0 spiro atoms. The van der Waals surface area contributed by atoms with Gasteiger partial charge in [-0.3, -0.25) is 0 Å². The number of nitrogens with one attached hydrogen (secondary N) is 1. The Bertz CT molecular complexity index is 1120. The molecule has 0 unspecified atom stereocenters. The summed E-state index contributed by atoms with van der Waals surface area (Å²) in [6.45, 7) is 7.18. The van der Waals surface area contributed by atoms with Gasteiger partial charge in [-0.05, 0) is 38.5 Å². The van der Waals surface area contributed by atoms with Crippen LogP contribution in [0.15, 0.2) is 54.2 Å². The first-order valence-corrected chi connectivity index (χ1v) is 10.5. The van der Waals surface area contributed by atoms with Crippen molar-refractivity contribution in [1.82, 2.24) is 9.97 Å². The number of benzene rings is 2. The van der Waals surface area contributed by atoms with Crippen LogP contribution in [-0.4, -0.2) is 23.2 Å². The maximum atomic E-state index is 5.75. The number of rotatable bonds is 7. The van der Waals surface area contributed by atoms with Crippen molar-refractivity contribution in [3.63, 3.8) is 0 Å². The predicted octanol–water partition coefficient (Wildman–Crippen LogP) is 6.21. The number of aromatic nitrogens is 2. The fraction of sp³-hybridized carbons (Fsp3) is 0.217. The second kappa shape index (κ2) is 8.49. The zero-order valence-corrected chi connectivity index (χ0v) is 17.5. The molecule has 0 fully saturated rings. The van der Waals surface area contributed by atoms with Crippen molar-refractivity contribution in [2.24, 2.45) is 0 Å². The largest absolute Gasteiger partial charge is 0.490 e. The molecule has 0 radical (unpaired) electrons. The summed E-state index contributed by atoms with van der Waals surface area (Å²) in [6, 6.07) is 14.4. The van der Waals surface area contributed by atoms with Crippen LogP contribution in [0.25, 0.3) is 21.3 Å². The van der Waals surface area contributed by atoms with Gasteiger partial charge in [-0.2, -0.15) is 0 Å². The summed E-state index contributed by atoms with van der Waals surface area (Å²) in [5.41, 5.74) is 4.41. The molecule has 29 heavy (non-hydrogen) atoms. The van der Waals surface area contributed by atoms with Gasteiger partial charge in [0, 0.05) is 22.7 Å². The lowest BCUT2D eigenvalue weighted by atomic mass is 10.0. The molecule has 2 aromatic heterocycles. The third-order valence-corrected chi connectivity index (χ3v) is 5.43. The Labute approximate surface area is 174 Å². The van der Waals surface area contributed by atoms with E-state index in [2.05, 4.69) is 51.9 Å². The number of hydrogen-bond donors (Lipinski definition) is 1. The predicted molar refractivity (Wildman–Crippen MR) is 120 cm³/mol. The molecule has 0 amide bonds. The molecule has 4 rings (SSSR count). The normalized spacial score (nSPS) is 10.9. The van der Waals surface area contributed by atoms with Crippen molar-refractivity contribution >= 4 is 33.1 Å². The van der Waals surface area contributed by atoms with E-state index in [1.165, 1.54) is 5.56 Å². The molecule has 0 aliphatic rings. The van der Waals surface area contributed by atoms with E-state index in [1.54, 1.807) is 17.7 Å². The quantitative estimate of drug-likeness (QED) is 0.396. The van der Waals surface area contributed by atoms with E-state index < -0.39 is 0 Å². The van der Waals surface area contributed by atoms with Gasteiger partial charge >= 0.3 is 0 Å². The first kappa shape index (κ1) is 19.2. The van der Waals surface area contributed by atoms with Crippen LogP contribution in [0.2, 0.25) is 0 Å². The third-order valence-electron chi connectivity index (χ3n) is 4.54. The summed E-state index contributed by atoms with van der Waals surface area (Å²) in [5, 5.41) is 6.60. The summed E-state index contributed by atoms with van der Waals surface area (Å²) < 4.78 is 11.4. The molecule has 5 nitrogen and oxygen atoms in total. The number of nitrogens with zero attached hydrogens (tertiary/aromatic N) is 2. The highest BCUT2D eigenvalue weighted by Gasteiger charge is 2.14. The lowest BCUT2D eigenvalue weighted by molar-refractivity contribution is 0.288. The molecule has 0 aliphatic heterocycles. The molecule has 2 aromatic carbocycles. The van der Waals surface area contributed by atoms with Crippen LogP contribution in [0.4, 0.5) is 11.5 Å². The Balaban J connectivity index is 1.74. The Morgan fingerprint density at radius 3 is 2.45 bits per heavy atom. The highest BCUT2D eigenvalue weighted by molar-refractivity contribution is 7.17. The van der Waals surface area contributed by atoms with Crippen molar-refractivity contribution in [1.29, 1.82) is 0 Å². The fourth-order valence-electron chi connectivity index (χ4n) is 3.18. The summed E-state index contributed by atoms with van der Waals surface area (Å²) in [7, 11) is 0. The molecule has 6 heteroatoms. The molecule has 0 saturated carbocycles. The molecular formula is C23H23N3O2S. The van der Waals surface area contributed by atoms with Crippen LogP contribution in [-0.2, 0) is 0 Å². The first-order valence-electron chi connectivity index (χ1n) is 9.65. The minimum atomic E-state index is 0.573. The Kier molecular flexibility index (Phi) is 5.62. The van der Waals surface area contributed by atoms with Gasteiger partial charge in [-0.25, -0.2) is 9.97 Å². The minimum Gasteiger partial charge on any atom is -0.490 e. The summed E-state index contributed by atoms with van der Waals surface area (Å²) >= 11 is 1.62. The van der Waals surface area contributed by atoms with E-state index in [4.69, 9.17) is 9.47 Å². The van der Waals surface area contributed by atoms with Crippen molar-refractivity contribution in [3.8, 4) is 22.6 Å². The van der Waals surface area contributed by atoms with Crippen LogP contribution in [0.1, 0.15) is 19.4 Å². The number of fused-ring (bicyclic) bond motifs is 1. The summed E-state index contributed by atoms with van der Waals surface area (Å²) in [6.07, 6.45) is 1.60. The van der Waals surface area contributed by atoms with Gasteiger partial charge in [-0.1, -0.05) is 29.8 Å². The zero-order chi connectivity index (χ0) is 20.2. The molecule has 1 N–H and O–H groups in total. The standard InChI is InChI=1S/C23H23N3O2S/c1-4-27-19-11-10-17(12-20(19)28-5-2)26-22-21-18(13-29-23(21)25-14-24-22)16-8-6-15(3)7-9-16/h6-14H,4-5H2,1-3H3,(H,24,25,26). The van der Waals surface area contributed by atoms with E-state index in [0.717, 1.165) is 38.6 Å². The van der Waals surface area contributed by atoms with E-state index in [-0.39, 0.29) is 0 Å². The smallest absolute Gasteiger partial charge is 0.163 e. The van der Waals surface area contributed by atoms with Gasteiger partial charge in [0.15, 0.2) is 11.5 Å². The molecule has 4 aromatic rings. The van der Waals surface area contributed by atoms with Crippen LogP contribution < -0.4 is 14.8 Å². The number of ether oxygens (including phenoxy) is 2. The minimum absolute atomic E-state index is 0.573. The van der Waals surface area contributed by atoms with Gasteiger partial charge < -0.3 is 14.8 Å². The van der Waals surface area contributed by atoms with Crippen LogP contribution >= 0.6 is 11.3 Å². The lowest BCUT2D eigenvalue weighted by Crippen LogP contribution is -2.00. The molecule has 0 saturated heterocycles. The average Bonchev–Trinajstić information content (AvgIpc) is 3.16.